The number of aromatic nitrogens is 2. The van der Waals surface area contributed by atoms with Gasteiger partial charge >= 0.3 is 0 Å². The van der Waals surface area contributed by atoms with Crippen LogP contribution in [0.15, 0.2) is 30.6 Å². The summed E-state index contributed by atoms with van der Waals surface area (Å²) in [6, 6.07) is 5.85. The molecule has 1 aromatic heterocycles. The quantitative estimate of drug-likeness (QED) is 0.898. The van der Waals surface area contributed by atoms with Crippen LogP contribution in [0.25, 0.3) is 11.1 Å². The summed E-state index contributed by atoms with van der Waals surface area (Å²) in [5, 5.41) is 4.20. The van der Waals surface area contributed by atoms with Crippen molar-refractivity contribution in [2.75, 3.05) is 0 Å². The average Bonchev–Trinajstić information content (AvgIpc) is 2.80. The average molecular weight is 243 g/mol. The van der Waals surface area contributed by atoms with E-state index in [4.69, 9.17) is 5.73 Å². The zero-order valence-corrected chi connectivity index (χ0v) is 10.8. The van der Waals surface area contributed by atoms with Gasteiger partial charge in [0, 0.05) is 11.8 Å². The van der Waals surface area contributed by atoms with E-state index in [1.807, 2.05) is 6.20 Å². The van der Waals surface area contributed by atoms with Gasteiger partial charge in [0.2, 0.25) is 5.91 Å². The van der Waals surface area contributed by atoms with Crippen molar-refractivity contribution < 1.29 is 4.79 Å². The second kappa shape index (κ2) is 4.64. The van der Waals surface area contributed by atoms with Crippen molar-refractivity contribution in [3.8, 4) is 11.1 Å². The molecule has 2 N–H and O–H groups in total. The number of primary amides is 1. The lowest BCUT2D eigenvalue weighted by Gasteiger charge is -2.07. The maximum atomic E-state index is 11.1. The van der Waals surface area contributed by atoms with Gasteiger partial charge in [-0.2, -0.15) is 5.10 Å². The van der Waals surface area contributed by atoms with Gasteiger partial charge in [-0.05, 0) is 31.9 Å². The first-order valence-corrected chi connectivity index (χ1v) is 5.90. The molecule has 0 bridgehead atoms. The van der Waals surface area contributed by atoms with E-state index in [-0.39, 0.29) is 5.91 Å². The van der Waals surface area contributed by atoms with E-state index >= 15 is 0 Å². The van der Waals surface area contributed by atoms with Crippen LogP contribution in [0.2, 0.25) is 0 Å². The van der Waals surface area contributed by atoms with Gasteiger partial charge in [-0.3, -0.25) is 9.48 Å². The molecule has 0 saturated carbocycles. The van der Waals surface area contributed by atoms with Gasteiger partial charge in [-0.1, -0.05) is 23.8 Å². The summed E-state index contributed by atoms with van der Waals surface area (Å²) >= 11 is 0. The number of aryl methyl sites for hydroxylation is 2. The molecule has 0 radical (unpaired) electrons. The van der Waals surface area contributed by atoms with Gasteiger partial charge in [0.25, 0.3) is 0 Å². The largest absolute Gasteiger partial charge is 0.368 e. The summed E-state index contributed by atoms with van der Waals surface area (Å²) in [4.78, 5) is 11.1. The Morgan fingerprint density at radius 3 is 2.78 bits per heavy atom. The fourth-order valence-corrected chi connectivity index (χ4v) is 1.87. The molecule has 1 aromatic carbocycles. The van der Waals surface area contributed by atoms with Crippen LogP contribution in [-0.4, -0.2) is 15.7 Å². The molecule has 0 saturated heterocycles. The molecule has 1 unspecified atom stereocenters. The number of nitrogens with two attached hydrogens (primary N) is 1. The van der Waals surface area contributed by atoms with E-state index < -0.39 is 6.04 Å². The Labute approximate surface area is 106 Å². The Morgan fingerprint density at radius 2 is 2.11 bits per heavy atom. The second-order valence-corrected chi connectivity index (χ2v) is 4.61. The van der Waals surface area contributed by atoms with Gasteiger partial charge in [-0.25, -0.2) is 0 Å². The van der Waals surface area contributed by atoms with Gasteiger partial charge in [0.1, 0.15) is 6.04 Å². The first kappa shape index (κ1) is 12.4. The first-order valence-electron chi connectivity index (χ1n) is 5.90. The van der Waals surface area contributed by atoms with Crippen molar-refractivity contribution in [3.63, 3.8) is 0 Å². The summed E-state index contributed by atoms with van der Waals surface area (Å²) in [5.74, 6) is -0.384. The molecular weight excluding hydrogens is 226 g/mol. The van der Waals surface area contributed by atoms with Crippen LogP contribution >= 0.6 is 0 Å². The highest BCUT2D eigenvalue weighted by Gasteiger charge is 2.13. The molecule has 18 heavy (non-hydrogen) atoms. The fraction of sp³-hybridized carbons (Fsp3) is 0.286. The monoisotopic (exact) mass is 243 g/mol. The Hall–Kier alpha value is -2.10. The highest BCUT2D eigenvalue weighted by Crippen LogP contribution is 2.24. The summed E-state index contributed by atoms with van der Waals surface area (Å²) in [6.45, 7) is 5.85. The van der Waals surface area contributed by atoms with Crippen molar-refractivity contribution in [1.82, 2.24) is 9.78 Å². The molecule has 1 amide bonds. The third-order valence-electron chi connectivity index (χ3n) is 3.11. The van der Waals surface area contributed by atoms with Crippen molar-refractivity contribution in [2.45, 2.75) is 26.8 Å². The topological polar surface area (TPSA) is 60.9 Å². The molecule has 2 aromatic rings. The van der Waals surface area contributed by atoms with E-state index in [1.165, 1.54) is 11.1 Å². The Bertz CT molecular complexity index is 586. The minimum atomic E-state index is -0.427. The number of nitrogens with zero attached hydrogens (tertiary/aromatic N) is 2. The summed E-state index contributed by atoms with van der Waals surface area (Å²) in [5.41, 5.74) is 9.80. The SMILES string of the molecule is Cc1ccc(C)c(-c2cnn(C(C)C(N)=O)c2)c1. The molecule has 0 fully saturated rings. The summed E-state index contributed by atoms with van der Waals surface area (Å²) < 4.78 is 1.60. The lowest BCUT2D eigenvalue weighted by Crippen LogP contribution is -2.24. The Morgan fingerprint density at radius 1 is 1.39 bits per heavy atom. The third-order valence-corrected chi connectivity index (χ3v) is 3.11. The number of amides is 1. The smallest absolute Gasteiger partial charge is 0.241 e. The summed E-state index contributed by atoms with van der Waals surface area (Å²) in [7, 11) is 0. The number of hydrogen-bond donors (Lipinski definition) is 1. The molecule has 0 spiro atoms. The van der Waals surface area contributed by atoms with Gasteiger partial charge in [0.05, 0.1) is 6.20 Å². The number of carbonyl (C=O) groups is 1. The minimum Gasteiger partial charge on any atom is -0.368 e. The van der Waals surface area contributed by atoms with E-state index in [2.05, 4.69) is 37.1 Å². The van der Waals surface area contributed by atoms with Crippen molar-refractivity contribution in [2.24, 2.45) is 5.73 Å². The number of rotatable bonds is 3. The van der Waals surface area contributed by atoms with Gasteiger partial charge in [-0.15, -0.1) is 0 Å². The molecule has 4 heteroatoms. The lowest BCUT2D eigenvalue weighted by molar-refractivity contribution is -0.120. The van der Waals surface area contributed by atoms with Crippen LogP contribution < -0.4 is 5.73 Å². The van der Waals surface area contributed by atoms with E-state index in [1.54, 1.807) is 17.8 Å². The van der Waals surface area contributed by atoms with Crippen LogP contribution in [-0.2, 0) is 4.79 Å². The Kier molecular flexibility index (Phi) is 3.19. The van der Waals surface area contributed by atoms with Crippen molar-refractivity contribution in [3.05, 3.63) is 41.7 Å². The molecule has 94 valence electrons. The van der Waals surface area contributed by atoms with E-state index in [0.29, 0.717) is 0 Å². The second-order valence-electron chi connectivity index (χ2n) is 4.61. The van der Waals surface area contributed by atoms with Gasteiger partial charge in [0.15, 0.2) is 0 Å². The predicted octanol–water partition coefficient (Wildman–Crippen LogP) is 2.21. The zero-order chi connectivity index (χ0) is 13.3. The van der Waals surface area contributed by atoms with Crippen LogP contribution in [0.4, 0.5) is 0 Å². The highest BCUT2D eigenvalue weighted by atomic mass is 16.1. The molecule has 1 heterocycles. The maximum absolute atomic E-state index is 11.1. The predicted molar refractivity (Wildman–Crippen MR) is 71.0 cm³/mol. The maximum Gasteiger partial charge on any atom is 0.241 e. The van der Waals surface area contributed by atoms with Gasteiger partial charge < -0.3 is 5.73 Å². The molecular formula is C14H17N3O. The first-order chi connectivity index (χ1) is 8.49. The Balaban J connectivity index is 2.41. The molecule has 1 atom stereocenters. The number of carbonyl (C=O) groups excluding carboxylic acids is 1. The molecule has 4 nitrogen and oxygen atoms in total. The normalized spacial score (nSPS) is 12.4. The number of benzene rings is 1. The molecule has 0 aliphatic heterocycles. The van der Waals surface area contributed by atoms with Crippen molar-refractivity contribution >= 4 is 5.91 Å². The van der Waals surface area contributed by atoms with Crippen molar-refractivity contribution in [1.29, 1.82) is 0 Å². The molecule has 2 rings (SSSR count). The van der Waals surface area contributed by atoms with Crippen LogP contribution in [0.1, 0.15) is 24.1 Å². The van der Waals surface area contributed by atoms with Crippen LogP contribution in [0, 0.1) is 13.8 Å². The van der Waals surface area contributed by atoms with Crippen LogP contribution in [0.3, 0.4) is 0 Å². The third kappa shape index (κ3) is 2.27. The fourth-order valence-electron chi connectivity index (χ4n) is 1.87. The number of hydrogen-bond acceptors (Lipinski definition) is 2. The molecule has 0 aliphatic carbocycles. The minimum absolute atomic E-state index is 0.384. The lowest BCUT2D eigenvalue weighted by atomic mass is 10.0. The molecule has 0 aliphatic rings. The summed E-state index contributed by atoms with van der Waals surface area (Å²) in [6.07, 6.45) is 3.62. The highest BCUT2D eigenvalue weighted by molar-refractivity contribution is 5.78. The van der Waals surface area contributed by atoms with Crippen LogP contribution in [0.5, 0.6) is 0 Å². The van der Waals surface area contributed by atoms with E-state index in [0.717, 1.165) is 11.1 Å². The zero-order valence-electron chi connectivity index (χ0n) is 10.8. The standard InChI is InChI=1S/C14H17N3O/c1-9-4-5-10(2)13(6-9)12-7-16-17(8-12)11(3)14(15)18/h4-8,11H,1-3H3,(H2,15,18). The van der Waals surface area contributed by atoms with E-state index in [9.17, 15) is 4.79 Å².